The smallest absolute Gasteiger partial charge is 0.326 e. The molecule has 1 atom stereocenters. The van der Waals surface area contributed by atoms with Crippen LogP contribution >= 0.6 is 23.2 Å². The maximum atomic E-state index is 13.1. The molecule has 0 bridgehead atoms. The number of hydrogen-bond donors (Lipinski definition) is 5. The number of nitrogens with one attached hydrogen (secondary N) is 5. The van der Waals surface area contributed by atoms with Crippen molar-refractivity contribution in [3.05, 3.63) is 70.6 Å². The third-order valence-corrected chi connectivity index (χ3v) is 7.72. The summed E-state index contributed by atoms with van der Waals surface area (Å²) in [5, 5.41) is 12.7. The number of carbonyl (C=O) groups is 2. The maximum Gasteiger partial charge on any atom is 0.326 e. The number of aromatic amines is 2. The number of aromatic nitrogens is 4. The zero-order chi connectivity index (χ0) is 27.1. The van der Waals surface area contributed by atoms with E-state index in [4.69, 9.17) is 27.9 Å². The van der Waals surface area contributed by atoms with Gasteiger partial charge in [-0.2, -0.15) is 9.82 Å². The number of imidazole rings is 1. The molecule has 4 aromatic rings. The van der Waals surface area contributed by atoms with E-state index in [9.17, 15) is 18.0 Å². The second-order valence-corrected chi connectivity index (χ2v) is 10.5. The van der Waals surface area contributed by atoms with Crippen LogP contribution in [0.15, 0.2) is 59.9 Å². The van der Waals surface area contributed by atoms with Gasteiger partial charge in [0.15, 0.2) is 5.95 Å². The monoisotopic (exact) mass is 579 g/mol. The minimum Gasteiger partial charge on any atom is -0.464 e. The van der Waals surface area contributed by atoms with Crippen LogP contribution in [-0.2, 0) is 19.6 Å². The predicted octanol–water partition coefficient (Wildman–Crippen LogP) is 2.72. The average molecular weight is 580 g/mol. The van der Waals surface area contributed by atoms with E-state index >= 15 is 0 Å². The van der Waals surface area contributed by atoms with Gasteiger partial charge >= 0.3 is 5.97 Å². The summed E-state index contributed by atoms with van der Waals surface area (Å²) in [7, 11) is -4.37. The van der Waals surface area contributed by atoms with E-state index in [2.05, 4.69) is 35.5 Å². The number of rotatable bonds is 12. The first-order chi connectivity index (χ1) is 18.2. The molecule has 15 heteroatoms. The van der Waals surface area contributed by atoms with Crippen LogP contribution in [0, 0.1) is 0 Å². The van der Waals surface area contributed by atoms with Crippen molar-refractivity contribution in [3.8, 4) is 0 Å². The van der Waals surface area contributed by atoms with E-state index < -0.39 is 34.5 Å². The molecule has 0 aliphatic carbocycles. The van der Waals surface area contributed by atoms with Crippen LogP contribution in [0.5, 0.6) is 0 Å². The Morgan fingerprint density at radius 2 is 1.92 bits per heavy atom. The molecule has 2 aromatic carbocycles. The Bertz CT molecular complexity index is 1510. The molecule has 1 unspecified atom stereocenters. The third kappa shape index (κ3) is 6.81. The molecule has 0 saturated carbocycles. The lowest BCUT2D eigenvalue weighted by Gasteiger charge is -2.19. The van der Waals surface area contributed by atoms with E-state index in [1.807, 2.05) is 0 Å². The minimum absolute atomic E-state index is 0.0112. The van der Waals surface area contributed by atoms with Gasteiger partial charge in [-0.3, -0.25) is 14.7 Å². The number of anilines is 1. The molecule has 0 radical (unpaired) electrons. The topological polar surface area (TPSA) is 171 Å². The maximum absolute atomic E-state index is 13.1. The SMILES string of the molecule is O=C(NCC(NS(=O)(=O)c1c(Cl)cccc1Cl)C(=O)OCCCNc1ncc[nH]1)c1ccc2[nH]ncc2c1. The van der Waals surface area contributed by atoms with Gasteiger partial charge in [-0.05, 0) is 36.8 Å². The molecule has 5 N–H and O–H groups in total. The van der Waals surface area contributed by atoms with Crippen molar-refractivity contribution in [3.63, 3.8) is 0 Å². The molecule has 4 rings (SSSR count). The predicted molar refractivity (Wildman–Crippen MR) is 142 cm³/mol. The van der Waals surface area contributed by atoms with Gasteiger partial charge in [-0.25, -0.2) is 13.4 Å². The molecule has 38 heavy (non-hydrogen) atoms. The highest BCUT2D eigenvalue weighted by Crippen LogP contribution is 2.29. The molecule has 200 valence electrons. The fourth-order valence-corrected chi connectivity index (χ4v) is 5.78. The summed E-state index contributed by atoms with van der Waals surface area (Å²) >= 11 is 12.1. The zero-order valence-corrected chi connectivity index (χ0v) is 22.0. The van der Waals surface area contributed by atoms with E-state index in [1.165, 1.54) is 18.2 Å². The number of halogens is 2. The number of carbonyl (C=O) groups excluding carboxylic acids is 2. The number of amides is 1. The van der Waals surface area contributed by atoms with Gasteiger partial charge in [0.05, 0.1) is 28.4 Å². The van der Waals surface area contributed by atoms with Crippen LogP contribution in [0.1, 0.15) is 16.8 Å². The van der Waals surface area contributed by atoms with Crippen molar-refractivity contribution in [2.75, 3.05) is 25.0 Å². The number of sulfonamides is 1. The van der Waals surface area contributed by atoms with Crippen molar-refractivity contribution in [1.82, 2.24) is 30.2 Å². The van der Waals surface area contributed by atoms with Gasteiger partial charge in [0.1, 0.15) is 10.9 Å². The molecule has 0 saturated heterocycles. The average Bonchev–Trinajstić information content (AvgIpc) is 3.57. The number of esters is 1. The Morgan fingerprint density at radius 1 is 1.13 bits per heavy atom. The lowest BCUT2D eigenvalue weighted by Crippen LogP contribution is -2.49. The summed E-state index contributed by atoms with van der Waals surface area (Å²) in [6.07, 6.45) is 5.23. The highest BCUT2D eigenvalue weighted by molar-refractivity contribution is 7.89. The van der Waals surface area contributed by atoms with Crippen molar-refractivity contribution in [2.45, 2.75) is 17.4 Å². The van der Waals surface area contributed by atoms with Crippen LogP contribution in [0.3, 0.4) is 0 Å². The van der Waals surface area contributed by atoms with E-state index in [0.717, 1.165) is 5.52 Å². The Labute approximate surface area is 227 Å². The fraction of sp³-hybridized carbons (Fsp3) is 0.217. The highest BCUT2D eigenvalue weighted by atomic mass is 35.5. The number of ether oxygens (including phenoxy) is 1. The number of fused-ring (bicyclic) bond motifs is 1. The van der Waals surface area contributed by atoms with Gasteiger partial charge in [0.2, 0.25) is 10.0 Å². The minimum atomic E-state index is -4.37. The van der Waals surface area contributed by atoms with Crippen molar-refractivity contribution < 1.29 is 22.7 Å². The van der Waals surface area contributed by atoms with Gasteiger partial charge < -0.3 is 20.4 Å². The van der Waals surface area contributed by atoms with E-state index in [-0.39, 0.29) is 21.5 Å². The van der Waals surface area contributed by atoms with E-state index in [1.54, 1.807) is 36.8 Å². The Kier molecular flexibility index (Phi) is 8.84. The molecule has 1 amide bonds. The van der Waals surface area contributed by atoms with Crippen molar-refractivity contribution in [1.29, 1.82) is 0 Å². The van der Waals surface area contributed by atoms with Crippen LogP contribution in [-0.4, -0.2) is 66.2 Å². The number of H-pyrrole nitrogens is 2. The standard InChI is InChI=1S/C23H23Cl2N7O5S/c24-16-3-1-4-17(25)20(16)38(35,36)32-19(22(34)37-10-2-7-26-23-27-8-9-28-23)13-29-21(33)14-5-6-18-15(11-14)12-30-31-18/h1,3-6,8-9,11-12,19,32H,2,7,10,13H2,(H,29,33)(H,30,31)(H2,26,27,28). The van der Waals surface area contributed by atoms with E-state index in [0.29, 0.717) is 29.9 Å². The summed E-state index contributed by atoms with van der Waals surface area (Å²) in [5.74, 6) is -0.848. The van der Waals surface area contributed by atoms with Crippen LogP contribution < -0.4 is 15.4 Å². The number of benzene rings is 2. The molecule has 0 aliphatic rings. The molecule has 2 heterocycles. The second-order valence-electron chi connectivity index (χ2n) is 7.99. The summed E-state index contributed by atoms with van der Waals surface area (Å²) in [4.78, 5) is 32.2. The zero-order valence-electron chi connectivity index (χ0n) is 19.7. The van der Waals surface area contributed by atoms with Gasteiger partial charge in [-0.1, -0.05) is 29.3 Å². The molecular weight excluding hydrogens is 557 g/mol. The number of hydrogen-bond acceptors (Lipinski definition) is 8. The lowest BCUT2D eigenvalue weighted by atomic mass is 10.1. The Balaban J connectivity index is 1.43. The largest absolute Gasteiger partial charge is 0.464 e. The molecule has 2 aromatic heterocycles. The summed E-state index contributed by atoms with van der Waals surface area (Å²) in [6, 6.07) is 7.60. The normalized spacial score (nSPS) is 12.3. The highest BCUT2D eigenvalue weighted by Gasteiger charge is 2.30. The molecule has 0 spiro atoms. The first-order valence-corrected chi connectivity index (χ1v) is 13.6. The molecule has 0 fully saturated rings. The number of nitrogens with zero attached hydrogens (tertiary/aromatic N) is 2. The van der Waals surface area contributed by atoms with Crippen LogP contribution in [0.2, 0.25) is 10.0 Å². The Hall–Kier alpha value is -3.65. The third-order valence-electron chi connectivity index (χ3n) is 5.29. The first kappa shape index (κ1) is 27.4. The Morgan fingerprint density at radius 3 is 2.66 bits per heavy atom. The van der Waals surface area contributed by atoms with Crippen molar-refractivity contribution in [2.24, 2.45) is 0 Å². The quantitative estimate of drug-likeness (QED) is 0.126. The van der Waals surface area contributed by atoms with Crippen LogP contribution in [0.4, 0.5) is 5.95 Å². The molecular formula is C23H23Cl2N7O5S. The summed E-state index contributed by atoms with van der Waals surface area (Å²) < 4.78 is 33.7. The molecule has 12 nitrogen and oxygen atoms in total. The molecule has 0 aliphatic heterocycles. The van der Waals surface area contributed by atoms with Gasteiger partial charge in [0, 0.05) is 36.4 Å². The van der Waals surface area contributed by atoms with Crippen LogP contribution in [0.25, 0.3) is 10.9 Å². The van der Waals surface area contributed by atoms with Crippen molar-refractivity contribution >= 4 is 62.0 Å². The first-order valence-electron chi connectivity index (χ1n) is 11.3. The van der Waals surface area contributed by atoms with Gasteiger partial charge in [-0.15, -0.1) is 0 Å². The summed E-state index contributed by atoms with van der Waals surface area (Å²) in [5.41, 5.74) is 1.04. The summed E-state index contributed by atoms with van der Waals surface area (Å²) in [6.45, 7) is 0.0371. The second kappa shape index (κ2) is 12.3. The fourth-order valence-electron chi connectivity index (χ4n) is 3.45. The lowest BCUT2D eigenvalue weighted by molar-refractivity contribution is -0.145. The van der Waals surface area contributed by atoms with Gasteiger partial charge in [0.25, 0.3) is 5.91 Å².